The number of aliphatic imine (C=N–C) groups is 1. The highest BCUT2D eigenvalue weighted by Gasteiger charge is 1.87. The number of nitrogens with zero attached hydrogens (tertiary/aromatic N) is 1. The third-order valence-electron chi connectivity index (χ3n) is 1.18. The van der Waals surface area contributed by atoms with Gasteiger partial charge in [0.05, 0.1) is 6.54 Å². The second kappa shape index (κ2) is 8.56. The Hall–Kier alpha value is -0.443. The van der Waals surface area contributed by atoms with E-state index in [1.54, 1.807) is 7.11 Å². The molecule has 0 fully saturated rings. The molecule has 0 aliphatic carbocycles. The molecule has 0 N–H and O–H groups in total. The minimum absolute atomic E-state index is 0.253. The zero-order valence-electron chi connectivity index (χ0n) is 6.30. The highest BCUT2D eigenvalue weighted by atomic mass is 28.2. The van der Waals surface area contributed by atoms with Crippen LogP contribution in [0.1, 0.15) is 12.8 Å². The second-order valence-electron chi connectivity index (χ2n) is 2.03. The van der Waals surface area contributed by atoms with Gasteiger partial charge in [-0.3, -0.25) is 0 Å². The number of isocyanates is 1. The van der Waals surface area contributed by atoms with Crippen LogP contribution < -0.4 is 0 Å². The topological polar surface area (TPSA) is 38.7 Å². The Morgan fingerprint density at radius 3 is 3.00 bits per heavy atom. The fourth-order valence-electron chi connectivity index (χ4n) is 0.660. The first-order valence-corrected chi connectivity index (χ1v) is 5.02. The van der Waals surface area contributed by atoms with E-state index in [-0.39, 0.29) is 9.76 Å². The van der Waals surface area contributed by atoms with Crippen LogP contribution in [0.4, 0.5) is 0 Å². The van der Waals surface area contributed by atoms with Crippen LogP contribution >= 0.6 is 0 Å². The van der Waals surface area contributed by atoms with Crippen molar-refractivity contribution in [2.24, 2.45) is 4.99 Å². The van der Waals surface area contributed by atoms with E-state index in [0.717, 1.165) is 12.8 Å². The van der Waals surface area contributed by atoms with Gasteiger partial charge >= 0.3 is 0 Å². The van der Waals surface area contributed by atoms with Crippen LogP contribution in [0.5, 0.6) is 0 Å². The average molecular weight is 159 g/mol. The van der Waals surface area contributed by atoms with Gasteiger partial charge in [-0.1, -0.05) is 6.42 Å². The maximum atomic E-state index is 9.59. The Kier molecular flexibility index (Phi) is 8.18. The lowest BCUT2D eigenvalue weighted by molar-refractivity contribution is 0.439. The standard InChI is InChI=1S/C6H13NO2Si/c1-9-10-5-3-2-4-7-6-8/h2-5,10H2,1H3. The average Bonchev–Trinajstić information content (AvgIpc) is 1.97. The molecule has 0 aromatic heterocycles. The molecule has 0 rings (SSSR count). The molecular formula is C6H13NO2Si. The number of carbonyl (C=O) groups excluding carboxylic acids is 1. The SMILES string of the molecule is CO[SiH2]CCCCN=C=O. The maximum Gasteiger partial charge on any atom is 0.234 e. The van der Waals surface area contributed by atoms with Gasteiger partial charge in [0.2, 0.25) is 6.08 Å². The van der Waals surface area contributed by atoms with E-state index in [9.17, 15) is 4.79 Å². The fraction of sp³-hybridized carbons (Fsp3) is 0.833. The predicted octanol–water partition coefficient (Wildman–Crippen LogP) is 0.251. The summed E-state index contributed by atoms with van der Waals surface area (Å²) < 4.78 is 4.98. The monoisotopic (exact) mass is 159 g/mol. The molecule has 0 heterocycles. The van der Waals surface area contributed by atoms with Gasteiger partial charge in [-0.25, -0.2) is 9.79 Å². The molecular weight excluding hydrogens is 146 g/mol. The Morgan fingerprint density at radius 2 is 2.40 bits per heavy atom. The molecule has 0 saturated carbocycles. The van der Waals surface area contributed by atoms with Crippen LogP contribution in [0, 0.1) is 0 Å². The Bertz CT molecular complexity index is 112. The molecule has 0 amide bonds. The molecule has 0 bridgehead atoms. The summed E-state index contributed by atoms with van der Waals surface area (Å²) in [6.45, 7) is 0.627. The molecule has 58 valence electrons. The van der Waals surface area contributed by atoms with Gasteiger partial charge in [-0.2, -0.15) is 0 Å². The minimum atomic E-state index is -0.253. The number of rotatable bonds is 6. The third kappa shape index (κ3) is 7.56. The number of hydrogen-bond acceptors (Lipinski definition) is 3. The van der Waals surface area contributed by atoms with Gasteiger partial charge in [0.15, 0.2) is 9.76 Å². The van der Waals surface area contributed by atoms with Crippen molar-refractivity contribution in [3.05, 3.63) is 0 Å². The summed E-state index contributed by atoms with van der Waals surface area (Å²) in [5.41, 5.74) is 0. The molecule has 0 aliphatic heterocycles. The van der Waals surface area contributed by atoms with Gasteiger partial charge in [0.25, 0.3) is 0 Å². The first kappa shape index (κ1) is 9.56. The predicted molar refractivity (Wildman–Crippen MR) is 42.6 cm³/mol. The van der Waals surface area contributed by atoms with E-state index in [4.69, 9.17) is 4.43 Å². The normalized spacial score (nSPS) is 10.1. The molecule has 4 heteroatoms. The molecule has 0 spiro atoms. The lowest BCUT2D eigenvalue weighted by Gasteiger charge is -1.94. The molecule has 0 aliphatic rings. The first-order chi connectivity index (χ1) is 4.91. The summed E-state index contributed by atoms with van der Waals surface area (Å²) in [7, 11) is 1.49. The van der Waals surface area contributed by atoms with Crippen molar-refractivity contribution in [2.75, 3.05) is 13.7 Å². The van der Waals surface area contributed by atoms with Crippen molar-refractivity contribution < 1.29 is 9.22 Å². The van der Waals surface area contributed by atoms with Crippen LogP contribution in [-0.4, -0.2) is 29.5 Å². The summed E-state index contributed by atoms with van der Waals surface area (Å²) in [6, 6.07) is 1.19. The molecule has 3 nitrogen and oxygen atoms in total. The summed E-state index contributed by atoms with van der Waals surface area (Å²) in [4.78, 5) is 13.0. The molecule has 0 aromatic carbocycles. The van der Waals surface area contributed by atoms with Crippen molar-refractivity contribution in [3.8, 4) is 0 Å². The van der Waals surface area contributed by atoms with Gasteiger partial charge in [0.1, 0.15) is 0 Å². The molecule has 0 saturated heterocycles. The molecule has 0 atom stereocenters. The first-order valence-electron chi connectivity index (χ1n) is 3.44. The van der Waals surface area contributed by atoms with E-state index in [0.29, 0.717) is 6.54 Å². The fourth-order valence-corrected chi connectivity index (χ4v) is 1.51. The zero-order valence-corrected chi connectivity index (χ0v) is 7.71. The van der Waals surface area contributed by atoms with Gasteiger partial charge in [-0.05, 0) is 12.5 Å². The highest BCUT2D eigenvalue weighted by Crippen LogP contribution is 1.94. The Labute approximate surface area is 63.4 Å². The van der Waals surface area contributed by atoms with E-state index in [2.05, 4.69) is 4.99 Å². The summed E-state index contributed by atoms with van der Waals surface area (Å²) in [5, 5.41) is 0. The number of hydrogen-bond donors (Lipinski definition) is 0. The van der Waals surface area contributed by atoms with E-state index in [1.165, 1.54) is 12.1 Å². The van der Waals surface area contributed by atoms with Gasteiger partial charge < -0.3 is 4.43 Å². The quantitative estimate of drug-likeness (QED) is 0.241. The summed E-state index contributed by atoms with van der Waals surface area (Å²) in [6.07, 6.45) is 3.64. The largest absolute Gasteiger partial charge is 0.427 e. The van der Waals surface area contributed by atoms with Crippen molar-refractivity contribution in [3.63, 3.8) is 0 Å². The Balaban J connectivity index is 2.83. The molecule has 0 radical (unpaired) electrons. The lowest BCUT2D eigenvalue weighted by atomic mass is 10.3. The van der Waals surface area contributed by atoms with Crippen molar-refractivity contribution >= 4 is 15.8 Å². The van der Waals surface area contributed by atoms with Crippen molar-refractivity contribution in [2.45, 2.75) is 18.9 Å². The van der Waals surface area contributed by atoms with Crippen molar-refractivity contribution in [1.82, 2.24) is 0 Å². The van der Waals surface area contributed by atoms with Gasteiger partial charge in [-0.15, -0.1) is 0 Å². The maximum absolute atomic E-state index is 9.59. The molecule has 0 unspecified atom stereocenters. The third-order valence-corrected chi connectivity index (χ3v) is 2.38. The number of unbranched alkanes of at least 4 members (excludes halogenated alkanes) is 1. The second-order valence-corrected chi connectivity index (χ2v) is 3.72. The van der Waals surface area contributed by atoms with Crippen LogP contribution in [0.25, 0.3) is 0 Å². The molecule has 10 heavy (non-hydrogen) atoms. The minimum Gasteiger partial charge on any atom is -0.427 e. The van der Waals surface area contributed by atoms with E-state index in [1.807, 2.05) is 0 Å². The van der Waals surface area contributed by atoms with Gasteiger partial charge in [0, 0.05) is 7.11 Å². The zero-order chi connectivity index (χ0) is 7.66. The van der Waals surface area contributed by atoms with Crippen LogP contribution in [0.2, 0.25) is 6.04 Å². The lowest BCUT2D eigenvalue weighted by Crippen LogP contribution is -1.92. The highest BCUT2D eigenvalue weighted by molar-refractivity contribution is 6.26. The molecule has 0 aromatic rings. The summed E-state index contributed by atoms with van der Waals surface area (Å²) >= 11 is 0. The van der Waals surface area contributed by atoms with Crippen LogP contribution in [-0.2, 0) is 9.22 Å². The smallest absolute Gasteiger partial charge is 0.234 e. The van der Waals surface area contributed by atoms with Crippen molar-refractivity contribution in [1.29, 1.82) is 0 Å². The van der Waals surface area contributed by atoms with E-state index < -0.39 is 0 Å². The summed E-state index contributed by atoms with van der Waals surface area (Å²) in [5.74, 6) is 0. The van der Waals surface area contributed by atoms with Crippen LogP contribution in [0.3, 0.4) is 0 Å². The van der Waals surface area contributed by atoms with Crippen LogP contribution in [0.15, 0.2) is 4.99 Å². The van der Waals surface area contributed by atoms with E-state index >= 15 is 0 Å². The Morgan fingerprint density at radius 1 is 1.60 bits per heavy atom.